The number of aromatic nitrogens is 2. The Morgan fingerprint density at radius 1 is 1.31 bits per heavy atom. The molecule has 0 atom stereocenters. The van der Waals surface area contributed by atoms with Gasteiger partial charge in [0.1, 0.15) is 0 Å². The number of rotatable bonds is 5. The van der Waals surface area contributed by atoms with Crippen LogP contribution in [-0.4, -0.2) is 66.6 Å². The SMILES string of the molecule is CN(C)C(=O)NCC(=O)NC1CC(c2cc(=O)[nH]c(N3CCCC3)n2)C1. The highest BCUT2D eigenvalue weighted by atomic mass is 16.2. The van der Waals surface area contributed by atoms with E-state index in [4.69, 9.17) is 0 Å². The van der Waals surface area contributed by atoms with Crippen LogP contribution in [0.3, 0.4) is 0 Å². The standard InChI is InChI=1S/C17H26N6O3/c1-22(2)17(26)18-10-15(25)19-12-7-11(8-12)13-9-14(24)21-16(20-13)23-5-3-4-6-23/h9,11-12H,3-8,10H2,1-2H3,(H,18,26)(H,19,25)(H,20,21,24). The van der Waals surface area contributed by atoms with Gasteiger partial charge in [0.2, 0.25) is 11.9 Å². The van der Waals surface area contributed by atoms with Crippen molar-refractivity contribution in [1.82, 2.24) is 25.5 Å². The highest BCUT2D eigenvalue weighted by Gasteiger charge is 2.33. The average Bonchev–Trinajstić information content (AvgIpc) is 3.09. The molecule has 9 heteroatoms. The molecule has 9 nitrogen and oxygen atoms in total. The lowest BCUT2D eigenvalue weighted by Gasteiger charge is -2.35. The monoisotopic (exact) mass is 362 g/mol. The number of aromatic amines is 1. The molecule has 0 spiro atoms. The summed E-state index contributed by atoms with van der Waals surface area (Å²) >= 11 is 0. The number of anilines is 1. The van der Waals surface area contributed by atoms with Gasteiger partial charge in [-0.15, -0.1) is 0 Å². The highest BCUT2D eigenvalue weighted by molar-refractivity contribution is 5.84. The average molecular weight is 362 g/mol. The van der Waals surface area contributed by atoms with E-state index < -0.39 is 0 Å². The van der Waals surface area contributed by atoms with Crippen LogP contribution in [0.1, 0.15) is 37.3 Å². The van der Waals surface area contributed by atoms with E-state index in [-0.39, 0.29) is 36.0 Å². The summed E-state index contributed by atoms with van der Waals surface area (Å²) in [6.07, 6.45) is 3.75. The first kappa shape index (κ1) is 18.2. The minimum atomic E-state index is -0.297. The maximum Gasteiger partial charge on any atom is 0.317 e. The van der Waals surface area contributed by atoms with Crippen molar-refractivity contribution < 1.29 is 9.59 Å². The van der Waals surface area contributed by atoms with E-state index in [9.17, 15) is 14.4 Å². The van der Waals surface area contributed by atoms with Gasteiger partial charge >= 0.3 is 6.03 Å². The fourth-order valence-corrected chi connectivity index (χ4v) is 3.32. The van der Waals surface area contributed by atoms with Crippen molar-refractivity contribution in [3.8, 4) is 0 Å². The Hall–Kier alpha value is -2.58. The van der Waals surface area contributed by atoms with E-state index in [2.05, 4.69) is 25.5 Å². The molecule has 3 amide bonds. The first-order valence-electron chi connectivity index (χ1n) is 9.03. The zero-order valence-electron chi connectivity index (χ0n) is 15.2. The molecule has 1 aromatic rings. The quantitative estimate of drug-likeness (QED) is 0.683. The number of H-pyrrole nitrogens is 1. The Kier molecular flexibility index (Phi) is 5.43. The molecular formula is C17H26N6O3. The van der Waals surface area contributed by atoms with Gasteiger partial charge in [0.25, 0.3) is 5.56 Å². The maximum atomic E-state index is 11.9. The van der Waals surface area contributed by atoms with Crippen LogP contribution in [-0.2, 0) is 4.79 Å². The number of carbonyl (C=O) groups is 2. The van der Waals surface area contributed by atoms with Crippen LogP contribution in [0.4, 0.5) is 10.7 Å². The third-order valence-corrected chi connectivity index (χ3v) is 4.88. The fraction of sp³-hybridized carbons (Fsp3) is 0.647. The summed E-state index contributed by atoms with van der Waals surface area (Å²) < 4.78 is 0. The first-order chi connectivity index (χ1) is 12.4. The van der Waals surface area contributed by atoms with Crippen LogP contribution >= 0.6 is 0 Å². The molecule has 0 aromatic carbocycles. The van der Waals surface area contributed by atoms with Crippen molar-refractivity contribution in [3.63, 3.8) is 0 Å². The number of carbonyl (C=O) groups excluding carboxylic acids is 2. The molecule has 1 aromatic heterocycles. The summed E-state index contributed by atoms with van der Waals surface area (Å²) in [6, 6.07) is 1.31. The van der Waals surface area contributed by atoms with Crippen LogP contribution in [0, 0.1) is 0 Å². The number of amides is 3. The van der Waals surface area contributed by atoms with Gasteiger partial charge in [0, 0.05) is 45.2 Å². The second kappa shape index (κ2) is 7.76. The van der Waals surface area contributed by atoms with Gasteiger partial charge in [-0.1, -0.05) is 0 Å². The Morgan fingerprint density at radius 3 is 2.65 bits per heavy atom. The molecule has 0 bridgehead atoms. The molecule has 1 saturated carbocycles. The minimum Gasteiger partial charge on any atom is -0.352 e. The predicted octanol–water partition coefficient (Wildman–Crippen LogP) is 0.00350. The van der Waals surface area contributed by atoms with Crippen LogP contribution < -0.4 is 21.1 Å². The minimum absolute atomic E-state index is 0.0411. The van der Waals surface area contributed by atoms with Gasteiger partial charge < -0.3 is 20.4 Å². The van der Waals surface area contributed by atoms with Crippen molar-refractivity contribution in [3.05, 3.63) is 22.1 Å². The first-order valence-corrected chi connectivity index (χ1v) is 9.03. The van der Waals surface area contributed by atoms with Crippen molar-refractivity contribution in [1.29, 1.82) is 0 Å². The zero-order chi connectivity index (χ0) is 18.7. The van der Waals surface area contributed by atoms with Gasteiger partial charge in [-0.2, -0.15) is 0 Å². The third-order valence-electron chi connectivity index (χ3n) is 4.88. The topological polar surface area (TPSA) is 110 Å². The summed E-state index contributed by atoms with van der Waals surface area (Å²) in [5, 5.41) is 5.43. The molecule has 2 aliphatic rings. The van der Waals surface area contributed by atoms with Gasteiger partial charge in [0.15, 0.2) is 0 Å². The van der Waals surface area contributed by atoms with E-state index in [1.807, 2.05) is 0 Å². The summed E-state index contributed by atoms with van der Waals surface area (Å²) in [6.45, 7) is 1.81. The number of urea groups is 1. The predicted molar refractivity (Wildman–Crippen MR) is 97.3 cm³/mol. The molecule has 1 aliphatic heterocycles. The smallest absolute Gasteiger partial charge is 0.317 e. The summed E-state index contributed by atoms with van der Waals surface area (Å²) in [5.41, 5.74) is 0.665. The van der Waals surface area contributed by atoms with Crippen LogP contribution in [0.25, 0.3) is 0 Å². The van der Waals surface area contributed by atoms with E-state index in [0.717, 1.165) is 44.5 Å². The van der Waals surface area contributed by atoms with E-state index in [1.165, 1.54) is 4.90 Å². The molecule has 3 N–H and O–H groups in total. The van der Waals surface area contributed by atoms with Gasteiger partial charge in [-0.25, -0.2) is 9.78 Å². The van der Waals surface area contributed by atoms with E-state index >= 15 is 0 Å². The summed E-state index contributed by atoms with van der Waals surface area (Å²) in [5.74, 6) is 0.629. The Balaban J connectivity index is 1.49. The number of nitrogens with one attached hydrogen (secondary N) is 3. The highest BCUT2D eigenvalue weighted by Crippen LogP contribution is 2.35. The van der Waals surface area contributed by atoms with Crippen LogP contribution in [0.5, 0.6) is 0 Å². The van der Waals surface area contributed by atoms with E-state index in [0.29, 0.717) is 5.95 Å². The maximum absolute atomic E-state index is 11.9. The summed E-state index contributed by atoms with van der Waals surface area (Å²) in [7, 11) is 3.24. The van der Waals surface area contributed by atoms with Crippen molar-refractivity contribution >= 4 is 17.9 Å². The molecule has 0 unspecified atom stereocenters. The van der Waals surface area contributed by atoms with Crippen LogP contribution in [0.15, 0.2) is 10.9 Å². The normalized spacial score (nSPS) is 21.8. The lowest BCUT2D eigenvalue weighted by atomic mass is 9.78. The lowest BCUT2D eigenvalue weighted by Crippen LogP contribution is -2.48. The molecule has 26 heavy (non-hydrogen) atoms. The van der Waals surface area contributed by atoms with Gasteiger partial charge in [-0.3, -0.25) is 14.6 Å². The van der Waals surface area contributed by atoms with Crippen molar-refractivity contribution in [2.24, 2.45) is 0 Å². The van der Waals surface area contributed by atoms with Crippen LogP contribution in [0.2, 0.25) is 0 Å². The summed E-state index contributed by atoms with van der Waals surface area (Å²) in [4.78, 5) is 46.2. The Morgan fingerprint density at radius 2 is 2.00 bits per heavy atom. The molecular weight excluding hydrogens is 336 g/mol. The van der Waals surface area contributed by atoms with Gasteiger partial charge in [0.05, 0.1) is 12.2 Å². The number of nitrogens with zero attached hydrogens (tertiary/aromatic N) is 3. The fourth-order valence-electron chi connectivity index (χ4n) is 3.32. The molecule has 2 heterocycles. The lowest BCUT2D eigenvalue weighted by molar-refractivity contribution is -0.121. The molecule has 2 fully saturated rings. The van der Waals surface area contributed by atoms with Crippen molar-refractivity contribution in [2.45, 2.75) is 37.6 Å². The van der Waals surface area contributed by atoms with Gasteiger partial charge in [-0.05, 0) is 25.7 Å². The molecule has 1 saturated heterocycles. The van der Waals surface area contributed by atoms with E-state index in [1.54, 1.807) is 20.2 Å². The Labute approximate surface area is 152 Å². The third kappa shape index (κ3) is 4.33. The molecule has 142 valence electrons. The molecule has 1 aliphatic carbocycles. The second-order valence-electron chi connectivity index (χ2n) is 7.17. The number of hydrogen-bond acceptors (Lipinski definition) is 5. The largest absolute Gasteiger partial charge is 0.352 e. The number of hydrogen-bond donors (Lipinski definition) is 3. The molecule has 0 radical (unpaired) electrons. The van der Waals surface area contributed by atoms with Crippen molar-refractivity contribution in [2.75, 3.05) is 38.6 Å². The second-order valence-corrected chi connectivity index (χ2v) is 7.17. The zero-order valence-corrected chi connectivity index (χ0v) is 15.2. The molecule has 3 rings (SSSR count). The Bertz CT molecular complexity index is 719.